The first-order chi connectivity index (χ1) is 6.90. The second kappa shape index (κ2) is 6.04. The quantitative estimate of drug-likeness (QED) is 0.373. The highest BCUT2D eigenvalue weighted by Gasteiger charge is 2.23. The van der Waals surface area contributed by atoms with E-state index in [2.05, 4.69) is 9.85 Å². The van der Waals surface area contributed by atoms with Crippen LogP contribution < -0.4 is 5.73 Å². The highest BCUT2D eigenvalue weighted by molar-refractivity contribution is 5.78. The number of aliphatic hydroxyl groups excluding tert-OH is 1. The fourth-order valence-electron chi connectivity index (χ4n) is 0.669. The molecule has 4 N–H and O–H groups in total. The van der Waals surface area contributed by atoms with Crippen LogP contribution in [0.1, 0.15) is 6.92 Å². The molecular formula is C7H12N3O5-. The van der Waals surface area contributed by atoms with Crippen LogP contribution >= 0.6 is 0 Å². The van der Waals surface area contributed by atoms with Gasteiger partial charge in [0, 0.05) is 0 Å². The summed E-state index contributed by atoms with van der Waals surface area (Å²) in [5.41, 5.74) is 13.4. The van der Waals surface area contributed by atoms with Crippen LogP contribution in [0.3, 0.4) is 0 Å². The number of esters is 1. The summed E-state index contributed by atoms with van der Waals surface area (Å²) in [6, 6.07) is -2.80. The molecule has 0 rings (SSSR count). The molecule has 0 aliphatic heterocycles. The van der Waals surface area contributed by atoms with Crippen LogP contribution in [0, 0.1) is 0 Å². The van der Waals surface area contributed by atoms with E-state index in [1.807, 2.05) is 0 Å². The molecular weight excluding hydrogens is 206 g/mol. The maximum atomic E-state index is 11.1. The Kier molecular flexibility index (Phi) is 5.42. The number of hydrogen-bond donors (Lipinski definition) is 3. The second-order valence-electron chi connectivity index (χ2n) is 2.88. The van der Waals surface area contributed by atoms with Crippen LogP contribution in [0.2, 0.25) is 0 Å². The van der Waals surface area contributed by atoms with E-state index in [0.717, 1.165) is 0 Å². The molecule has 0 aromatic rings. The number of carbonyl (C=O) groups is 2. The second-order valence-corrected chi connectivity index (χ2v) is 2.88. The number of aliphatic carboxylic acids is 1. The maximum Gasteiger partial charge on any atom is 0.331 e. The van der Waals surface area contributed by atoms with Crippen LogP contribution in [0.25, 0.3) is 5.53 Å². The van der Waals surface area contributed by atoms with Crippen molar-refractivity contribution in [2.24, 2.45) is 10.8 Å². The van der Waals surface area contributed by atoms with E-state index in [0.29, 0.717) is 0 Å². The first-order valence-corrected chi connectivity index (χ1v) is 4.07. The lowest BCUT2D eigenvalue weighted by Gasteiger charge is -2.17. The molecule has 0 aliphatic carbocycles. The Bertz CT molecular complexity index is 255. The lowest BCUT2D eigenvalue weighted by molar-refractivity contribution is -0.150. The standard InChI is InChI=1S/C7H12N3O5/c1-3(11)5(10-9)7(14)15-2-4(8)6(12)13/h3-5,11H,2,8H2,1H3,(H,12,13)/q-1/t3-,4+,5?/m0/s1. The third kappa shape index (κ3) is 4.47. The molecule has 0 bridgehead atoms. The molecule has 0 aromatic heterocycles. The predicted octanol–water partition coefficient (Wildman–Crippen LogP) is -1.29. The van der Waals surface area contributed by atoms with E-state index in [-0.39, 0.29) is 0 Å². The maximum absolute atomic E-state index is 11.1. The minimum Gasteiger partial charge on any atom is -0.711 e. The molecule has 8 heteroatoms. The number of hydrogen-bond acceptors (Lipinski definition) is 6. The van der Waals surface area contributed by atoms with Crippen molar-refractivity contribution < 1.29 is 24.5 Å². The molecule has 0 radical (unpaired) electrons. The third-order valence-electron chi connectivity index (χ3n) is 1.55. The van der Waals surface area contributed by atoms with Gasteiger partial charge in [-0.05, 0) is 6.92 Å². The summed E-state index contributed by atoms with van der Waals surface area (Å²) in [6.07, 6.45) is -1.23. The minimum absolute atomic E-state index is 0.549. The number of aliphatic hydroxyl groups is 1. The van der Waals surface area contributed by atoms with Gasteiger partial charge < -0.3 is 31.3 Å². The van der Waals surface area contributed by atoms with Crippen molar-refractivity contribution in [1.29, 1.82) is 0 Å². The fourth-order valence-corrected chi connectivity index (χ4v) is 0.669. The van der Waals surface area contributed by atoms with Gasteiger partial charge in [-0.2, -0.15) is 0 Å². The first kappa shape index (κ1) is 13.5. The predicted molar refractivity (Wildman–Crippen MR) is 47.8 cm³/mol. The van der Waals surface area contributed by atoms with Crippen molar-refractivity contribution in [3.8, 4) is 0 Å². The number of carboxylic acids is 1. The van der Waals surface area contributed by atoms with Gasteiger partial charge in [0.1, 0.15) is 12.6 Å². The molecule has 8 nitrogen and oxygen atoms in total. The summed E-state index contributed by atoms with van der Waals surface area (Å²) in [6.45, 7) is 0.676. The highest BCUT2D eigenvalue weighted by atomic mass is 16.5. The molecule has 0 spiro atoms. The van der Waals surface area contributed by atoms with Gasteiger partial charge in [0.05, 0.1) is 6.10 Å². The van der Waals surface area contributed by atoms with Gasteiger partial charge in [-0.3, -0.25) is 4.79 Å². The molecule has 0 saturated carbocycles. The molecule has 3 atom stereocenters. The van der Waals surface area contributed by atoms with E-state index < -0.39 is 36.7 Å². The summed E-state index contributed by atoms with van der Waals surface area (Å²) in [5, 5.41) is 19.9. The molecule has 0 aliphatic rings. The summed E-state index contributed by atoms with van der Waals surface area (Å²) in [7, 11) is 0. The van der Waals surface area contributed by atoms with Crippen molar-refractivity contribution in [2.75, 3.05) is 6.61 Å². The summed E-state index contributed by atoms with van der Waals surface area (Å²) in [5.74, 6) is -2.36. The largest absolute Gasteiger partial charge is 0.711 e. The monoisotopic (exact) mass is 218 g/mol. The van der Waals surface area contributed by atoms with Gasteiger partial charge >= 0.3 is 11.9 Å². The normalized spacial score (nSPS) is 16.2. The molecule has 0 heterocycles. The molecule has 1 unspecified atom stereocenters. The molecule has 0 saturated heterocycles. The molecule has 86 valence electrons. The van der Waals surface area contributed by atoms with Crippen LogP contribution in [0.5, 0.6) is 0 Å². The molecule has 0 amide bonds. The van der Waals surface area contributed by atoms with Gasteiger partial charge in [-0.25, -0.2) is 4.79 Å². The number of ether oxygens (including phenoxy) is 1. The van der Waals surface area contributed by atoms with Crippen LogP contribution in [-0.4, -0.2) is 46.9 Å². The minimum atomic E-state index is -1.45. The average molecular weight is 218 g/mol. The highest BCUT2D eigenvalue weighted by Crippen LogP contribution is 2.01. The number of rotatable bonds is 6. The van der Waals surface area contributed by atoms with Gasteiger partial charge in [0.25, 0.3) is 0 Å². The van der Waals surface area contributed by atoms with Gasteiger partial charge in [0.15, 0.2) is 6.04 Å². The summed E-state index contributed by atoms with van der Waals surface area (Å²) < 4.78 is 4.42. The molecule has 0 fully saturated rings. The van der Waals surface area contributed by atoms with E-state index >= 15 is 0 Å². The van der Waals surface area contributed by atoms with Gasteiger partial charge in [-0.1, -0.05) is 0 Å². The topological polar surface area (TPSA) is 145 Å². The van der Waals surface area contributed by atoms with Crippen LogP contribution in [-0.2, 0) is 14.3 Å². The van der Waals surface area contributed by atoms with Crippen molar-refractivity contribution in [2.45, 2.75) is 25.1 Å². The van der Waals surface area contributed by atoms with Gasteiger partial charge in [0.2, 0.25) is 0 Å². The Balaban J connectivity index is 4.13. The van der Waals surface area contributed by atoms with Crippen LogP contribution in [0.15, 0.2) is 5.11 Å². The van der Waals surface area contributed by atoms with Crippen molar-refractivity contribution >= 4 is 11.9 Å². The number of nitrogens with zero attached hydrogens (tertiary/aromatic N) is 2. The third-order valence-corrected chi connectivity index (χ3v) is 1.55. The van der Waals surface area contributed by atoms with Crippen molar-refractivity contribution in [3.63, 3.8) is 0 Å². The van der Waals surface area contributed by atoms with E-state index in [9.17, 15) is 9.59 Å². The van der Waals surface area contributed by atoms with Crippen molar-refractivity contribution in [3.05, 3.63) is 5.53 Å². The zero-order valence-electron chi connectivity index (χ0n) is 8.03. The van der Waals surface area contributed by atoms with E-state index in [1.165, 1.54) is 6.92 Å². The zero-order chi connectivity index (χ0) is 12.0. The fraction of sp³-hybridized carbons (Fsp3) is 0.714. The van der Waals surface area contributed by atoms with Crippen molar-refractivity contribution in [1.82, 2.24) is 0 Å². The van der Waals surface area contributed by atoms with Gasteiger partial charge in [-0.15, -0.1) is 0 Å². The first-order valence-electron chi connectivity index (χ1n) is 4.07. The molecule has 15 heavy (non-hydrogen) atoms. The smallest absolute Gasteiger partial charge is 0.331 e. The Morgan fingerprint density at radius 2 is 2.13 bits per heavy atom. The number of carbonyl (C=O) groups excluding carboxylic acids is 1. The van der Waals surface area contributed by atoms with E-state index in [4.69, 9.17) is 21.5 Å². The summed E-state index contributed by atoms with van der Waals surface area (Å²) in [4.78, 5) is 21.3. The lowest BCUT2D eigenvalue weighted by Crippen LogP contribution is -2.39. The zero-order valence-corrected chi connectivity index (χ0v) is 8.03. The Morgan fingerprint density at radius 1 is 1.60 bits per heavy atom. The Morgan fingerprint density at radius 3 is 2.47 bits per heavy atom. The Labute approximate surface area is 85.5 Å². The number of carboxylic acid groups (broad SMARTS) is 1. The Hall–Kier alpha value is -1.54. The number of nitrogens with two attached hydrogens (primary N) is 1. The molecule has 0 aromatic carbocycles. The van der Waals surface area contributed by atoms with E-state index in [1.54, 1.807) is 0 Å². The van der Waals surface area contributed by atoms with Crippen LogP contribution in [0.4, 0.5) is 0 Å². The average Bonchev–Trinajstić information content (AvgIpc) is 2.14. The lowest BCUT2D eigenvalue weighted by atomic mass is 10.2. The SMILES string of the molecule is C[C@H](O)C(N=[N-])C(=O)OC[C@@H](N)C(=O)O. The summed E-state index contributed by atoms with van der Waals surface area (Å²) >= 11 is 0.